The number of amides is 1. The highest BCUT2D eigenvalue weighted by Gasteiger charge is 2.17. The number of carbonyl (C=O) groups excluding carboxylic acids is 1. The van der Waals surface area contributed by atoms with Gasteiger partial charge in [-0.3, -0.25) is 19.9 Å². The van der Waals surface area contributed by atoms with Crippen LogP contribution in [0.5, 0.6) is 0 Å². The molecule has 6 rings (SSSR count). The molecule has 0 bridgehead atoms. The molecule has 6 aromatic heterocycles. The highest BCUT2D eigenvalue weighted by Crippen LogP contribution is 2.31. The van der Waals surface area contributed by atoms with Gasteiger partial charge in [0.1, 0.15) is 11.0 Å². The van der Waals surface area contributed by atoms with Gasteiger partial charge in [-0.1, -0.05) is 19.4 Å². The maximum absolute atomic E-state index is 12.2. The van der Waals surface area contributed by atoms with Crippen LogP contribution in [0, 0.1) is 0 Å². The highest BCUT2D eigenvalue weighted by atomic mass is 16.1. The summed E-state index contributed by atoms with van der Waals surface area (Å²) in [7, 11) is 0. The highest BCUT2D eigenvalue weighted by molar-refractivity contribution is 5.95. The Morgan fingerprint density at radius 2 is 1.89 bits per heavy atom. The first-order valence-corrected chi connectivity index (χ1v) is 12.1. The number of hydrogen-bond acceptors (Lipinski definition) is 7. The van der Waals surface area contributed by atoms with E-state index in [9.17, 15) is 4.79 Å². The van der Waals surface area contributed by atoms with Gasteiger partial charge >= 0.3 is 0 Å². The van der Waals surface area contributed by atoms with Gasteiger partial charge in [0.05, 0.1) is 23.1 Å². The second-order valence-corrected chi connectivity index (χ2v) is 8.66. The van der Waals surface area contributed by atoms with Crippen LogP contribution in [-0.4, -0.2) is 46.0 Å². The minimum Gasteiger partial charge on any atom is -0.325 e. The number of aromatic amines is 2. The summed E-state index contributed by atoms with van der Waals surface area (Å²) in [6.45, 7) is 2.06. The molecule has 0 aliphatic carbocycles. The third kappa shape index (κ3) is 4.40. The Labute approximate surface area is 211 Å². The van der Waals surface area contributed by atoms with Crippen molar-refractivity contribution in [1.82, 2.24) is 40.1 Å². The zero-order valence-corrected chi connectivity index (χ0v) is 20.1. The Balaban J connectivity index is 1.37. The van der Waals surface area contributed by atoms with Crippen molar-refractivity contribution in [2.75, 3.05) is 5.32 Å². The maximum atomic E-state index is 12.2. The third-order valence-corrected chi connectivity index (χ3v) is 6.06. The van der Waals surface area contributed by atoms with Gasteiger partial charge in [0.25, 0.3) is 0 Å². The number of anilines is 1. The van der Waals surface area contributed by atoms with E-state index in [1.807, 2.05) is 36.4 Å². The van der Waals surface area contributed by atoms with Crippen molar-refractivity contribution < 1.29 is 4.79 Å². The van der Waals surface area contributed by atoms with E-state index in [1.165, 1.54) is 0 Å². The average Bonchev–Trinajstić information content (AvgIpc) is 3.56. The van der Waals surface area contributed by atoms with Gasteiger partial charge < -0.3 is 10.3 Å². The number of hydrogen-bond donors (Lipinski definition) is 3. The Morgan fingerprint density at radius 3 is 2.76 bits per heavy atom. The predicted molar refractivity (Wildman–Crippen MR) is 141 cm³/mol. The van der Waals surface area contributed by atoms with Crippen molar-refractivity contribution >= 4 is 33.8 Å². The number of unbranched alkanes of at least 4 members (excludes halogenated alkanes) is 1. The summed E-state index contributed by atoms with van der Waals surface area (Å²) >= 11 is 0. The number of nitrogens with zero attached hydrogens (tertiary/aromatic N) is 6. The number of carbonyl (C=O) groups is 1. The summed E-state index contributed by atoms with van der Waals surface area (Å²) < 4.78 is 0. The van der Waals surface area contributed by atoms with Crippen LogP contribution in [0.25, 0.3) is 56.1 Å². The zero-order valence-electron chi connectivity index (χ0n) is 20.1. The molecule has 0 spiro atoms. The van der Waals surface area contributed by atoms with E-state index in [4.69, 9.17) is 9.97 Å². The number of pyridine rings is 4. The van der Waals surface area contributed by atoms with Gasteiger partial charge in [-0.15, -0.1) is 0 Å². The Bertz CT molecular complexity index is 1720. The van der Waals surface area contributed by atoms with Gasteiger partial charge in [0, 0.05) is 47.9 Å². The predicted octanol–water partition coefficient (Wildman–Crippen LogP) is 5.15. The Hall–Kier alpha value is -4.99. The summed E-state index contributed by atoms with van der Waals surface area (Å²) in [5.74, 6) is 0.537. The van der Waals surface area contributed by atoms with Gasteiger partial charge in [0.15, 0.2) is 17.2 Å². The number of aromatic nitrogens is 8. The normalized spacial score (nSPS) is 11.3. The van der Waals surface area contributed by atoms with E-state index in [1.54, 1.807) is 31.0 Å². The van der Waals surface area contributed by atoms with Gasteiger partial charge in [-0.25, -0.2) is 15.0 Å². The van der Waals surface area contributed by atoms with E-state index in [2.05, 4.69) is 42.4 Å². The molecule has 0 saturated heterocycles. The summed E-state index contributed by atoms with van der Waals surface area (Å²) in [6.07, 6.45) is 10.9. The van der Waals surface area contributed by atoms with Crippen LogP contribution in [0.1, 0.15) is 26.2 Å². The van der Waals surface area contributed by atoms with Gasteiger partial charge in [-0.2, -0.15) is 5.10 Å². The van der Waals surface area contributed by atoms with E-state index in [-0.39, 0.29) is 5.91 Å². The van der Waals surface area contributed by atoms with Crippen molar-refractivity contribution in [3.8, 4) is 33.9 Å². The number of nitrogens with one attached hydrogen (secondary N) is 3. The summed E-state index contributed by atoms with van der Waals surface area (Å²) in [4.78, 5) is 38.1. The summed E-state index contributed by atoms with van der Waals surface area (Å²) in [5.41, 5.74) is 7.42. The zero-order chi connectivity index (χ0) is 25.2. The molecule has 1 amide bonds. The monoisotopic (exact) mass is 489 g/mol. The first-order valence-electron chi connectivity index (χ1n) is 12.1. The van der Waals surface area contributed by atoms with Crippen molar-refractivity contribution in [2.24, 2.45) is 0 Å². The average molecular weight is 490 g/mol. The van der Waals surface area contributed by atoms with Crippen LogP contribution in [0.15, 0.2) is 67.4 Å². The van der Waals surface area contributed by atoms with E-state index in [0.717, 1.165) is 40.6 Å². The lowest BCUT2D eigenvalue weighted by molar-refractivity contribution is -0.116. The fraction of sp³-hybridized carbons (Fsp3) is 0.148. The van der Waals surface area contributed by atoms with Crippen LogP contribution in [-0.2, 0) is 4.79 Å². The SMILES string of the molecule is CCCCC(=O)Nc1cncc(-c2ccc3[nH]nc(-c4nc5c(-c6cccnc6)ccnc5[nH]4)c3n2)c1. The summed E-state index contributed by atoms with van der Waals surface area (Å²) in [6, 6.07) is 11.5. The number of H-pyrrole nitrogens is 2. The molecule has 0 unspecified atom stereocenters. The fourth-order valence-corrected chi connectivity index (χ4v) is 4.21. The standard InChI is InChI=1S/C27H23N9O/c1-2-3-6-22(37)31-18-12-17(14-29-15-18)20-7-8-21-24(32-20)25(36-35-21)27-33-23-19(9-11-30-26(23)34-27)16-5-4-10-28-13-16/h4-5,7-15H,2-3,6H2,1H3,(H,31,37)(H,35,36)(H,30,33,34). The lowest BCUT2D eigenvalue weighted by Crippen LogP contribution is -2.11. The molecule has 10 nitrogen and oxygen atoms in total. The number of fused-ring (bicyclic) bond motifs is 2. The van der Waals surface area contributed by atoms with Crippen LogP contribution < -0.4 is 5.32 Å². The first-order chi connectivity index (χ1) is 18.2. The van der Waals surface area contributed by atoms with E-state index >= 15 is 0 Å². The molecule has 10 heteroatoms. The number of rotatable bonds is 7. The van der Waals surface area contributed by atoms with Crippen molar-refractivity contribution in [2.45, 2.75) is 26.2 Å². The molecule has 6 aromatic rings. The molecule has 0 radical (unpaired) electrons. The minimum absolute atomic E-state index is 0.0227. The molecule has 0 saturated carbocycles. The molecule has 0 atom stereocenters. The topological polar surface area (TPSA) is 138 Å². The van der Waals surface area contributed by atoms with Crippen LogP contribution in [0.2, 0.25) is 0 Å². The third-order valence-electron chi connectivity index (χ3n) is 6.06. The Kier molecular flexibility index (Phi) is 5.81. The Morgan fingerprint density at radius 1 is 0.973 bits per heavy atom. The second-order valence-electron chi connectivity index (χ2n) is 8.66. The maximum Gasteiger partial charge on any atom is 0.224 e. The van der Waals surface area contributed by atoms with Crippen LogP contribution in [0.3, 0.4) is 0 Å². The van der Waals surface area contributed by atoms with Crippen LogP contribution in [0.4, 0.5) is 5.69 Å². The molecule has 0 aliphatic heterocycles. The van der Waals surface area contributed by atoms with Crippen LogP contribution >= 0.6 is 0 Å². The van der Waals surface area contributed by atoms with Gasteiger partial charge in [-0.05, 0) is 36.8 Å². The minimum atomic E-state index is -0.0227. The lowest BCUT2D eigenvalue weighted by atomic mass is 10.1. The van der Waals surface area contributed by atoms with Gasteiger partial charge in [0.2, 0.25) is 5.91 Å². The quantitative estimate of drug-likeness (QED) is 0.282. The molecular weight excluding hydrogens is 466 g/mol. The smallest absolute Gasteiger partial charge is 0.224 e. The number of imidazole rings is 1. The largest absolute Gasteiger partial charge is 0.325 e. The van der Waals surface area contributed by atoms with Crippen molar-refractivity contribution in [1.29, 1.82) is 0 Å². The molecule has 0 aliphatic rings. The lowest BCUT2D eigenvalue weighted by Gasteiger charge is -2.07. The molecule has 182 valence electrons. The van der Waals surface area contributed by atoms with E-state index < -0.39 is 0 Å². The molecule has 37 heavy (non-hydrogen) atoms. The first kappa shape index (κ1) is 22.5. The second kappa shape index (κ2) is 9.57. The van der Waals surface area contributed by atoms with Crippen molar-refractivity contribution in [3.63, 3.8) is 0 Å². The summed E-state index contributed by atoms with van der Waals surface area (Å²) in [5, 5.41) is 10.4. The molecular formula is C27H23N9O. The molecule has 6 heterocycles. The molecule has 0 fully saturated rings. The fourth-order valence-electron chi connectivity index (χ4n) is 4.21. The van der Waals surface area contributed by atoms with E-state index in [0.29, 0.717) is 40.5 Å². The molecule has 0 aromatic carbocycles. The molecule has 3 N–H and O–H groups in total. The van der Waals surface area contributed by atoms with Crippen molar-refractivity contribution in [3.05, 3.63) is 67.4 Å².